The summed E-state index contributed by atoms with van der Waals surface area (Å²) in [7, 11) is -3.78. The van der Waals surface area contributed by atoms with Gasteiger partial charge in [0.15, 0.2) is 0 Å². The number of aromatic nitrogens is 2. The van der Waals surface area contributed by atoms with Crippen molar-refractivity contribution in [1.29, 1.82) is 0 Å². The van der Waals surface area contributed by atoms with Crippen LogP contribution in [0.3, 0.4) is 0 Å². The minimum absolute atomic E-state index is 0.0280. The van der Waals surface area contributed by atoms with E-state index < -0.39 is 10.0 Å². The van der Waals surface area contributed by atoms with Gasteiger partial charge in [-0.3, -0.25) is 4.72 Å². The number of rotatable bonds is 3. The molecule has 1 aromatic heterocycles. The van der Waals surface area contributed by atoms with Gasteiger partial charge in [0.05, 0.1) is 18.1 Å². The molecule has 0 aliphatic carbocycles. The van der Waals surface area contributed by atoms with E-state index in [1.165, 1.54) is 18.2 Å². The van der Waals surface area contributed by atoms with E-state index in [4.69, 9.17) is 11.6 Å². The molecular weight excluding hydrogens is 290 g/mol. The van der Waals surface area contributed by atoms with Crippen molar-refractivity contribution in [3.05, 3.63) is 41.4 Å². The Bertz CT molecular complexity index is 702. The molecule has 0 amide bonds. The Morgan fingerprint density at radius 3 is 2.47 bits per heavy atom. The summed E-state index contributed by atoms with van der Waals surface area (Å²) in [6.45, 7) is 1.68. The first-order chi connectivity index (χ1) is 8.88. The highest BCUT2D eigenvalue weighted by Gasteiger charge is 2.16. The van der Waals surface area contributed by atoms with Gasteiger partial charge in [0.2, 0.25) is 5.28 Å². The maximum atomic E-state index is 12.1. The maximum absolute atomic E-state index is 12.1. The number of aryl methyl sites for hydroxylation is 1. The number of benzene rings is 1. The van der Waals surface area contributed by atoms with Gasteiger partial charge in [-0.15, -0.1) is 0 Å². The standard InChI is InChI=1S/C11H10ClN3O3S/c1-7-4-8(16)2-3-10(7)15-19(17,18)9-5-13-11(12)14-6-9/h2-6,15-16H,1H3. The normalized spacial score (nSPS) is 11.3. The molecule has 100 valence electrons. The minimum Gasteiger partial charge on any atom is -0.508 e. The Kier molecular flexibility index (Phi) is 3.59. The largest absolute Gasteiger partial charge is 0.508 e. The van der Waals surface area contributed by atoms with E-state index in [-0.39, 0.29) is 15.9 Å². The number of phenolic OH excluding ortho intramolecular Hbond substituents is 1. The summed E-state index contributed by atoms with van der Waals surface area (Å²) in [5.41, 5.74) is 0.964. The van der Waals surface area contributed by atoms with E-state index in [1.807, 2.05) is 0 Å². The molecule has 0 atom stereocenters. The molecule has 6 nitrogen and oxygen atoms in total. The molecule has 0 saturated carbocycles. The number of nitrogens with zero attached hydrogens (tertiary/aromatic N) is 2. The van der Waals surface area contributed by atoms with Crippen LogP contribution in [0.4, 0.5) is 5.69 Å². The number of phenols is 1. The Morgan fingerprint density at radius 2 is 1.89 bits per heavy atom. The zero-order chi connectivity index (χ0) is 14.0. The van der Waals surface area contributed by atoms with Gasteiger partial charge in [-0.2, -0.15) is 0 Å². The third-order valence-electron chi connectivity index (χ3n) is 2.36. The fourth-order valence-corrected chi connectivity index (χ4v) is 2.52. The topological polar surface area (TPSA) is 92.2 Å². The molecule has 2 N–H and O–H groups in total. The fraction of sp³-hybridized carbons (Fsp3) is 0.0909. The van der Waals surface area contributed by atoms with E-state index in [2.05, 4.69) is 14.7 Å². The van der Waals surface area contributed by atoms with Crippen molar-refractivity contribution in [2.45, 2.75) is 11.8 Å². The highest BCUT2D eigenvalue weighted by molar-refractivity contribution is 7.92. The predicted octanol–water partition coefficient (Wildman–Crippen LogP) is 1.94. The number of anilines is 1. The van der Waals surface area contributed by atoms with Gasteiger partial charge < -0.3 is 5.11 Å². The molecule has 2 rings (SSSR count). The average Bonchev–Trinajstić information content (AvgIpc) is 2.33. The van der Waals surface area contributed by atoms with Crippen LogP contribution < -0.4 is 4.72 Å². The molecule has 0 fully saturated rings. The van der Waals surface area contributed by atoms with Gasteiger partial charge in [0.25, 0.3) is 10.0 Å². The lowest BCUT2D eigenvalue weighted by molar-refractivity contribution is 0.475. The SMILES string of the molecule is Cc1cc(O)ccc1NS(=O)(=O)c1cnc(Cl)nc1. The van der Waals surface area contributed by atoms with Crippen molar-refractivity contribution in [3.63, 3.8) is 0 Å². The molecule has 1 aromatic carbocycles. The first-order valence-corrected chi connectivity index (χ1v) is 7.04. The quantitative estimate of drug-likeness (QED) is 0.667. The molecule has 1 heterocycles. The zero-order valence-corrected chi connectivity index (χ0v) is 11.4. The average molecular weight is 300 g/mol. The minimum atomic E-state index is -3.78. The summed E-state index contributed by atoms with van der Waals surface area (Å²) in [4.78, 5) is 7.14. The van der Waals surface area contributed by atoms with E-state index in [0.717, 1.165) is 12.4 Å². The molecule has 0 spiro atoms. The van der Waals surface area contributed by atoms with Gasteiger partial charge in [-0.1, -0.05) is 0 Å². The third-order valence-corrected chi connectivity index (χ3v) is 3.88. The van der Waals surface area contributed by atoms with Crippen molar-refractivity contribution < 1.29 is 13.5 Å². The predicted molar refractivity (Wildman–Crippen MR) is 70.7 cm³/mol. The van der Waals surface area contributed by atoms with Crippen LogP contribution in [0.1, 0.15) is 5.56 Å². The second-order valence-corrected chi connectivity index (χ2v) is 5.81. The fourth-order valence-electron chi connectivity index (χ4n) is 1.41. The highest BCUT2D eigenvalue weighted by atomic mass is 35.5. The van der Waals surface area contributed by atoms with Crippen LogP contribution in [0.15, 0.2) is 35.5 Å². The Labute approximate surface area is 115 Å². The number of sulfonamides is 1. The number of hydrogen-bond acceptors (Lipinski definition) is 5. The summed E-state index contributed by atoms with van der Waals surface area (Å²) >= 11 is 5.50. The maximum Gasteiger partial charge on any atom is 0.264 e. The summed E-state index contributed by atoms with van der Waals surface area (Å²) in [6.07, 6.45) is 2.24. The highest BCUT2D eigenvalue weighted by Crippen LogP contribution is 2.22. The second kappa shape index (κ2) is 5.02. The smallest absolute Gasteiger partial charge is 0.264 e. The molecule has 19 heavy (non-hydrogen) atoms. The number of aromatic hydroxyl groups is 1. The number of halogens is 1. The molecule has 8 heteroatoms. The number of nitrogens with one attached hydrogen (secondary N) is 1. The summed E-state index contributed by atoms with van der Waals surface area (Å²) in [5.74, 6) is 0.0651. The molecule has 0 unspecified atom stereocenters. The first kappa shape index (κ1) is 13.6. The Hall–Kier alpha value is -1.86. The van der Waals surface area contributed by atoms with Crippen molar-refractivity contribution in [1.82, 2.24) is 9.97 Å². The first-order valence-electron chi connectivity index (χ1n) is 5.18. The zero-order valence-electron chi connectivity index (χ0n) is 9.83. The summed E-state index contributed by atoms with van der Waals surface area (Å²) < 4.78 is 26.5. The monoisotopic (exact) mass is 299 g/mol. The van der Waals surface area contributed by atoms with Crippen LogP contribution in [0, 0.1) is 6.92 Å². The van der Waals surface area contributed by atoms with Gasteiger partial charge in [0, 0.05) is 0 Å². The lowest BCUT2D eigenvalue weighted by Gasteiger charge is -2.10. The van der Waals surface area contributed by atoms with Crippen molar-refractivity contribution in [2.75, 3.05) is 4.72 Å². The number of hydrogen-bond donors (Lipinski definition) is 2. The van der Waals surface area contributed by atoms with Gasteiger partial charge in [-0.05, 0) is 42.3 Å². The Morgan fingerprint density at radius 1 is 1.26 bits per heavy atom. The van der Waals surface area contributed by atoms with E-state index >= 15 is 0 Å². The molecular formula is C11H10ClN3O3S. The van der Waals surface area contributed by atoms with Crippen LogP contribution >= 0.6 is 11.6 Å². The van der Waals surface area contributed by atoms with Crippen LogP contribution in [-0.4, -0.2) is 23.5 Å². The molecule has 0 bridgehead atoms. The van der Waals surface area contributed by atoms with Crippen LogP contribution in [0.5, 0.6) is 5.75 Å². The lowest BCUT2D eigenvalue weighted by Crippen LogP contribution is -2.14. The molecule has 2 aromatic rings. The van der Waals surface area contributed by atoms with Crippen molar-refractivity contribution in [2.24, 2.45) is 0 Å². The van der Waals surface area contributed by atoms with Crippen molar-refractivity contribution in [3.8, 4) is 5.75 Å². The van der Waals surface area contributed by atoms with Gasteiger partial charge in [-0.25, -0.2) is 18.4 Å². The summed E-state index contributed by atoms with van der Waals surface area (Å²) in [6, 6.07) is 4.32. The van der Waals surface area contributed by atoms with Crippen molar-refractivity contribution >= 4 is 27.3 Å². The van der Waals surface area contributed by atoms with Crippen LogP contribution in [0.25, 0.3) is 0 Å². The van der Waals surface area contributed by atoms with Gasteiger partial charge in [0.1, 0.15) is 10.6 Å². The van der Waals surface area contributed by atoms with Crippen LogP contribution in [-0.2, 0) is 10.0 Å². The van der Waals surface area contributed by atoms with E-state index in [9.17, 15) is 13.5 Å². The molecule has 0 aliphatic rings. The van der Waals surface area contributed by atoms with Gasteiger partial charge >= 0.3 is 0 Å². The second-order valence-electron chi connectivity index (χ2n) is 3.79. The summed E-state index contributed by atoms with van der Waals surface area (Å²) in [5, 5.41) is 9.24. The molecule has 0 aliphatic heterocycles. The lowest BCUT2D eigenvalue weighted by atomic mass is 10.2. The van der Waals surface area contributed by atoms with Crippen LogP contribution in [0.2, 0.25) is 5.28 Å². The Balaban J connectivity index is 2.33. The van der Waals surface area contributed by atoms with E-state index in [1.54, 1.807) is 6.92 Å². The molecule has 0 saturated heterocycles. The third kappa shape index (κ3) is 3.12. The van der Waals surface area contributed by atoms with E-state index in [0.29, 0.717) is 11.3 Å². The molecule has 0 radical (unpaired) electrons.